The lowest BCUT2D eigenvalue weighted by Gasteiger charge is -2.03. The summed E-state index contributed by atoms with van der Waals surface area (Å²) >= 11 is 5.87. The molecular formula is C11H11ClN4O. The normalized spacial score (nSPS) is 10.5. The van der Waals surface area contributed by atoms with Crippen molar-refractivity contribution in [2.45, 2.75) is 13.3 Å². The second-order valence-electron chi connectivity index (χ2n) is 3.75. The van der Waals surface area contributed by atoms with Crippen LogP contribution in [0.4, 0.5) is 0 Å². The number of halogens is 1. The molecular weight excluding hydrogens is 240 g/mol. The quantitative estimate of drug-likeness (QED) is 0.777. The van der Waals surface area contributed by atoms with Gasteiger partial charge in [-0.25, -0.2) is 0 Å². The zero-order valence-electron chi connectivity index (χ0n) is 9.51. The molecule has 0 spiro atoms. The second-order valence-corrected chi connectivity index (χ2v) is 4.19. The number of hydrogen-bond acceptors (Lipinski definition) is 4. The highest BCUT2D eigenvalue weighted by atomic mass is 35.5. The van der Waals surface area contributed by atoms with Crippen LogP contribution in [0.3, 0.4) is 0 Å². The lowest BCUT2D eigenvalue weighted by Crippen LogP contribution is -2.07. The topological polar surface area (TPSA) is 60.7 Å². The molecule has 5 nitrogen and oxygen atoms in total. The largest absolute Gasteiger partial charge is 0.294 e. The first kappa shape index (κ1) is 11.7. The minimum atomic E-state index is -0.0574. The van der Waals surface area contributed by atoms with Crippen LogP contribution in [0.15, 0.2) is 18.2 Å². The maximum Gasteiger partial charge on any atom is 0.182 e. The summed E-state index contributed by atoms with van der Waals surface area (Å²) in [5.41, 5.74) is 1.49. The number of rotatable bonds is 3. The first-order valence-electron chi connectivity index (χ1n) is 5.08. The van der Waals surface area contributed by atoms with E-state index in [0.717, 1.165) is 5.56 Å². The Bertz CT molecular complexity index is 564. The summed E-state index contributed by atoms with van der Waals surface area (Å²) in [6.45, 7) is 1.87. The van der Waals surface area contributed by atoms with Gasteiger partial charge in [0.1, 0.15) is 0 Å². The van der Waals surface area contributed by atoms with E-state index in [9.17, 15) is 4.79 Å². The Labute approximate surface area is 103 Å². The van der Waals surface area contributed by atoms with Crippen molar-refractivity contribution in [2.24, 2.45) is 7.05 Å². The minimum Gasteiger partial charge on any atom is -0.294 e. The van der Waals surface area contributed by atoms with Crippen LogP contribution in [-0.4, -0.2) is 26.0 Å². The first-order valence-corrected chi connectivity index (χ1v) is 5.46. The Balaban J connectivity index is 2.22. The van der Waals surface area contributed by atoms with Crippen molar-refractivity contribution in [3.05, 3.63) is 40.2 Å². The molecule has 1 heterocycles. The fourth-order valence-electron chi connectivity index (χ4n) is 1.53. The molecule has 0 aliphatic carbocycles. The molecule has 1 aromatic carbocycles. The summed E-state index contributed by atoms with van der Waals surface area (Å²) in [7, 11) is 1.66. The van der Waals surface area contributed by atoms with Crippen molar-refractivity contribution in [3.63, 3.8) is 0 Å². The predicted octanol–water partition coefficient (Wildman–Crippen LogP) is 1.60. The number of ketones is 1. The van der Waals surface area contributed by atoms with Crippen LogP contribution in [0.5, 0.6) is 0 Å². The van der Waals surface area contributed by atoms with E-state index in [1.165, 1.54) is 4.80 Å². The van der Waals surface area contributed by atoms with Gasteiger partial charge in [0.05, 0.1) is 13.5 Å². The van der Waals surface area contributed by atoms with Crippen molar-refractivity contribution < 1.29 is 4.79 Å². The molecule has 0 radical (unpaired) electrons. The van der Waals surface area contributed by atoms with Gasteiger partial charge in [-0.1, -0.05) is 17.7 Å². The van der Waals surface area contributed by atoms with Crippen molar-refractivity contribution >= 4 is 17.4 Å². The molecule has 0 N–H and O–H groups in total. The van der Waals surface area contributed by atoms with Crippen LogP contribution in [0.25, 0.3) is 0 Å². The maximum atomic E-state index is 12.0. The van der Waals surface area contributed by atoms with Crippen LogP contribution >= 0.6 is 11.6 Å². The summed E-state index contributed by atoms with van der Waals surface area (Å²) < 4.78 is 0. The highest BCUT2D eigenvalue weighted by Gasteiger charge is 2.13. The molecule has 1 aromatic heterocycles. The van der Waals surface area contributed by atoms with Gasteiger partial charge in [-0.2, -0.15) is 4.80 Å². The average Bonchev–Trinajstić information content (AvgIpc) is 2.67. The van der Waals surface area contributed by atoms with E-state index in [0.29, 0.717) is 16.4 Å². The van der Waals surface area contributed by atoms with Gasteiger partial charge in [0.2, 0.25) is 0 Å². The summed E-state index contributed by atoms with van der Waals surface area (Å²) in [5, 5.41) is 12.0. The average molecular weight is 251 g/mol. The number of benzene rings is 1. The molecule has 88 valence electrons. The third-order valence-electron chi connectivity index (χ3n) is 2.37. The minimum absolute atomic E-state index is 0.0574. The van der Waals surface area contributed by atoms with E-state index in [1.54, 1.807) is 19.2 Å². The van der Waals surface area contributed by atoms with E-state index in [2.05, 4.69) is 15.4 Å². The van der Waals surface area contributed by atoms with Crippen molar-refractivity contribution in [1.29, 1.82) is 0 Å². The van der Waals surface area contributed by atoms with Crippen LogP contribution in [-0.2, 0) is 13.5 Å². The molecule has 0 aliphatic rings. The molecule has 6 heteroatoms. The fraction of sp³-hybridized carbons (Fsp3) is 0.273. The highest BCUT2D eigenvalue weighted by Crippen LogP contribution is 2.16. The van der Waals surface area contributed by atoms with Crippen molar-refractivity contribution in [2.75, 3.05) is 0 Å². The smallest absolute Gasteiger partial charge is 0.182 e. The van der Waals surface area contributed by atoms with E-state index in [1.807, 2.05) is 13.0 Å². The number of aryl methyl sites for hydroxylation is 2. The van der Waals surface area contributed by atoms with Crippen molar-refractivity contribution in [3.8, 4) is 0 Å². The van der Waals surface area contributed by atoms with Crippen LogP contribution in [0, 0.1) is 6.92 Å². The number of carbonyl (C=O) groups is 1. The zero-order valence-corrected chi connectivity index (χ0v) is 10.3. The van der Waals surface area contributed by atoms with Gasteiger partial charge in [-0.05, 0) is 29.8 Å². The Morgan fingerprint density at radius 1 is 1.47 bits per heavy atom. The van der Waals surface area contributed by atoms with Gasteiger partial charge in [0.15, 0.2) is 11.6 Å². The van der Waals surface area contributed by atoms with Crippen LogP contribution < -0.4 is 0 Å². The van der Waals surface area contributed by atoms with E-state index >= 15 is 0 Å². The lowest BCUT2D eigenvalue weighted by atomic mass is 10.0. The third-order valence-corrected chi connectivity index (χ3v) is 2.60. The second kappa shape index (κ2) is 4.63. The molecule has 0 atom stereocenters. The monoisotopic (exact) mass is 250 g/mol. The van der Waals surface area contributed by atoms with Gasteiger partial charge >= 0.3 is 0 Å². The fourth-order valence-corrected chi connectivity index (χ4v) is 1.70. The van der Waals surface area contributed by atoms with Crippen molar-refractivity contribution in [1.82, 2.24) is 20.2 Å². The number of hydrogen-bond donors (Lipinski definition) is 0. The number of carbonyl (C=O) groups excluding carboxylic acids is 1. The van der Waals surface area contributed by atoms with E-state index < -0.39 is 0 Å². The SMILES string of the molecule is Cc1ccc(Cl)cc1C(=O)Cc1nnn(C)n1. The highest BCUT2D eigenvalue weighted by molar-refractivity contribution is 6.31. The van der Waals surface area contributed by atoms with E-state index in [4.69, 9.17) is 11.6 Å². The van der Waals surface area contributed by atoms with Gasteiger partial charge < -0.3 is 0 Å². The predicted molar refractivity (Wildman–Crippen MR) is 63.0 cm³/mol. The summed E-state index contributed by atoms with van der Waals surface area (Å²) in [4.78, 5) is 13.3. The number of Topliss-reactive ketones (excluding diaryl/α,β-unsaturated/α-hetero) is 1. The van der Waals surface area contributed by atoms with Gasteiger partial charge in [0, 0.05) is 10.6 Å². The Kier molecular flexibility index (Phi) is 3.19. The van der Waals surface area contributed by atoms with Gasteiger partial charge in [0.25, 0.3) is 0 Å². The maximum absolute atomic E-state index is 12.0. The van der Waals surface area contributed by atoms with Crippen LogP contribution in [0.2, 0.25) is 5.02 Å². The standard InChI is InChI=1S/C11H11ClN4O/c1-7-3-4-8(12)5-9(7)10(17)6-11-13-15-16(2)14-11/h3-5H,6H2,1-2H3. The Morgan fingerprint density at radius 3 is 2.88 bits per heavy atom. The molecule has 0 amide bonds. The third kappa shape index (κ3) is 2.68. The molecule has 0 unspecified atom stereocenters. The summed E-state index contributed by atoms with van der Waals surface area (Å²) in [5.74, 6) is 0.356. The molecule has 0 bridgehead atoms. The van der Waals surface area contributed by atoms with Gasteiger partial charge in [-0.15, -0.1) is 10.2 Å². The molecule has 0 aliphatic heterocycles. The number of aromatic nitrogens is 4. The molecule has 0 saturated heterocycles. The lowest BCUT2D eigenvalue weighted by molar-refractivity contribution is 0.0990. The van der Waals surface area contributed by atoms with Gasteiger partial charge in [-0.3, -0.25) is 4.79 Å². The summed E-state index contributed by atoms with van der Waals surface area (Å²) in [6, 6.07) is 5.24. The van der Waals surface area contributed by atoms with Crippen LogP contribution in [0.1, 0.15) is 21.7 Å². The Morgan fingerprint density at radius 2 is 2.24 bits per heavy atom. The first-order chi connectivity index (χ1) is 8.06. The molecule has 2 aromatic rings. The number of tetrazole rings is 1. The number of nitrogens with zero attached hydrogens (tertiary/aromatic N) is 4. The summed E-state index contributed by atoms with van der Waals surface area (Å²) in [6.07, 6.45) is 0.134. The molecule has 0 fully saturated rings. The zero-order chi connectivity index (χ0) is 12.4. The van der Waals surface area contributed by atoms with E-state index in [-0.39, 0.29) is 12.2 Å². The molecule has 17 heavy (non-hydrogen) atoms. The molecule has 0 saturated carbocycles. The Hall–Kier alpha value is -1.75. The molecule has 2 rings (SSSR count).